The summed E-state index contributed by atoms with van der Waals surface area (Å²) in [5.41, 5.74) is 0.749. The molecule has 0 fully saturated rings. The third-order valence-electron chi connectivity index (χ3n) is 2.33. The first-order valence-corrected chi connectivity index (χ1v) is 6.21. The Morgan fingerprint density at radius 2 is 2.37 bits per heavy atom. The topological polar surface area (TPSA) is 63.1 Å². The number of carbonyl (C=O) groups excluding carboxylic acids is 1. The summed E-state index contributed by atoms with van der Waals surface area (Å²) in [5, 5.41) is 10.7. The maximum absolute atomic E-state index is 11.5. The average molecular weight is 263 g/mol. The van der Waals surface area contributed by atoms with E-state index in [1.165, 1.54) is 6.08 Å². The van der Waals surface area contributed by atoms with Crippen LogP contribution in [-0.4, -0.2) is 46.4 Å². The van der Waals surface area contributed by atoms with Crippen molar-refractivity contribution in [2.24, 2.45) is 0 Å². The fourth-order valence-corrected chi connectivity index (χ4v) is 1.36. The number of rotatable bonds is 8. The number of likely N-dealkylation sites (N-methyl/N-ethyl adjacent to an activating group) is 1. The van der Waals surface area contributed by atoms with Crippen molar-refractivity contribution in [3.05, 3.63) is 36.7 Å². The van der Waals surface area contributed by atoms with Crippen LogP contribution in [-0.2, 0) is 17.9 Å². The van der Waals surface area contributed by atoms with Gasteiger partial charge in [-0.1, -0.05) is 17.4 Å². The van der Waals surface area contributed by atoms with Crippen molar-refractivity contribution >= 4 is 5.91 Å². The number of allylic oxidation sites excluding steroid dienone is 1. The van der Waals surface area contributed by atoms with Crippen molar-refractivity contribution in [1.82, 2.24) is 25.2 Å². The predicted octanol–water partition coefficient (Wildman–Crippen LogP) is 0.588. The molecular weight excluding hydrogens is 242 g/mol. The minimum atomic E-state index is -0.123. The standard InChI is InChI=1S/C13H21N5O/c1-4-5-9-18-11-12(15-16-18)10-14-13(19)7-6-8-17(2)3/h4,6-7,11H,1,5,8-10H2,2-3H3,(H,14,19)/b7-6+. The molecule has 0 saturated carbocycles. The normalized spacial score (nSPS) is 11.1. The third kappa shape index (κ3) is 6.52. The number of hydrogen-bond acceptors (Lipinski definition) is 4. The smallest absolute Gasteiger partial charge is 0.244 e. The predicted molar refractivity (Wildman–Crippen MR) is 74.4 cm³/mol. The van der Waals surface area contributed by atoms with Gasteiger partial charge in [0.15, 0.2) is 0 Å². The van der Waals surface area contributed by atoms with E-state index in [9.17, 15) is 4.79 Å². The van der Waals surface area contributed by atoms with Gasteiger partial charge in [0, 0.05) is 19.2 Å². The van der Waals surface area contributed by atoms with Crippen molar-refractivity contribution in [1.29, 1.82) is 0 Å². The molecule has 0 aromatic carbocycles. The highest BCUT2D eigenvalue weighted by Gasteiger charge is 2.01. The summed E-state index contributed by atoms with van der Waals surface area (Å²) in [6.07, 6.45) is 7.85. The van der Waals surface area contributed by atoms with E-state index in [2.05, 4.69) is 22.2 Å². The van der Waals surface area contributed by atoms with Crippen molar-refractivity contribution in [2.75, 3.05) is 20.6 Å². The summed E-state index contributed by atoms with van der Waals surface area (Å²) in [6, 6.07) is 0. The van der Waals surface area contributed by atoms with Gasteiger partial charge in [-0.15, -0.1) is 11.7 Å². The van der Waals surface area contributed by atoms with Crippen LogP contribution in [0.1, 0.15) is 12.1 Å². The van der Waals surface area contributed by atoms with Crippen molar-refractivity contribution in [2.45, 2.75) is 19.5 Å². The van der Waals surface area contributed by atoms with Crippen LogP contribution in [0.25, 0.3) is 0 Å². The Morgan fingerprint density at radius 1 is 1.58 bits per heavy atom. The summed E-state index contributed by atoms with van der Waals surface area (Å²) in [6.45, 7) is 5.54. The van der Waals surface area contributed by atoms with E-state index in [-0.39, 0.29) is 5.91 Å². The summed E-state index contributed by atoms with van der Waals surface area (Å²) < 4.78 is 1.74. The molecule has 1 rings (SSSR count). The van der Waals surface area contributed by atoms with Gasteiger partial charge in [0.1, 0.15) is 5.69 Å². The number of nitrogens with one attached hydrogen (secondary N) is 1. The molecule has 104 valence electrons. The molecular formula is C13H21N5O. The molecule has 1 amide bonds. The first kappa shape index (κ1) is 15.1. The molecule has 0 spiro atoms. The summed E-state index contributed by atoms with van der Waals surface area (Å²) >= 11 is 0. The molecule has 6 nitrogen and oxygen atoms in total. The number of aryl methyl sites for hydroxylation is 1. The Morgan fingerprint density at radius 3 is 3.05 bits per heavy atom. The van der Waals surface area contributed by atoms with Gasteiger partial charge in [-0.05, 0) is 20.5 Å². The Bertz CT molecular complexity index is 436. The fraction of sp³-hybridized carbons (Fsp3) is 0.462. The monoisotopic (exact) mass is 263 g/mol. The maximum Gasteiger partial charge on any atom is 0.244 e. The molecule has 1 N–H and O–H groups in total. The van der Waals surface area contributed by atoms with Gasteiger partial charge in [-0.25, -0.2) is 0 Å². The Kier molecular flexibility index (Phi) is 6.52. The van der Waals surface area contributed by atoms with Crippen molar-refractivity contribution < 1.29 is 4.79 Å². The van der Waals surface area contributed by atoms with Crippen LogP contribution in [0.3, 0.4) is 0 Å². The van der Waals surface area contributed by atoms with Crippen LogP contribution in [0, 0.1) is 0 Å². The molecule has 0 bridgehead atoms. The van der Waals surface area contributed by atoms with Gasteiger partial charge >= 0.3 is 0 Å². The summed E-state index contributed by atoms with van der Waals surface area (Å²) in [7, 11) is 3.90. The molecule has 0 atom stereocenters. The van der Waals surface area contributed by atoms with Crippen molar-refractivity contribution in [3.63, 3.8) is 0 Å². The molecule has 1 aromatic rings. The maximum atomic E-state index is 11.5. The van der Waals surface area contributed by atoms with Gasteiger partial charge in [-0.2, -0.15) is 0 Å². The van der Waals surface area contributed by atoms with E-state index in [1.807, 2.05) is 37.3 Å². The van der Waals surface area contributed by atoms with Gasteiger partial charge in [-0.3, -0.25) is 9.48 Å². The Balaban J connectivity index is 2.31. The third-order valence-corrected chi connectivity index (χ3v) is 2.33. The van der Waals surface area contributed by atoms with Crippen LogP contribution in [0.4, 0.5) is 0 Å². The second kappa shape index (κ2) is 8.20. The fourth-order valence-electron chi connectivity index (χ4n) is 1.36. The van der Waals surface area contributed by atoms with E-state index in [0.29, 0.717) is 6.54 Å². The van der Waals surface area contributed by atoms with Gasteiger partial charge in [0.05, 0.1) is 12.7 Å². The number of amides is 1. The molecule has 0 aliphatic carbocycles. The number of nitrogens with zero attached hydrogens (tertiary/aromatic N) is 4. The zero-order chi connectivity index (χ0) is 14.1. The van der Waals surface area contributed by atoms with E-state index >= 15 is 0 Å². The van der Waals surface area contributed by atoms with E-state index in [0.717, 1.165) is 25.2 Å². The molecule has 1 heterocycles. The first-order chi connectivity index (χ1) is 9.11. The van der Waals surface area contributed by atoms with Crippen molar-refractivity contribution in [3.8, 4) is 0 Å². The summed E-state index contributed by atoms with van der Waals surface area (Å²) in [4.78, 5) is 13.5. The molecule has 0 aliphatic heterocycles. The highest BCUT2D eigenvalue weighted by molar-refractivity contribution is 5.87. The number of carbonyl (C=O) groups is 1. The van der Waals surface area contributed by atoms with E-state index < -0.39 is 0 Å². The van der Waals surface area contributed by atoms with E-state index in [4.69, 9.17) is 0 Å². The van der Waals surface area contributed by atoms with Gasteiger partial charge in [0.25, 0.3) is 0 Å². The zero-order valence-corrected chi connectivity index (χ0v) is 11.5. The van der Waals surface area contributed by atoms with Crippen LogP contribution in [0.5, 0.6) is 0 Å². The SMILES string of the molecule is C=CCCn1cc(CNC(=O)/C=C/CN(C)C)nn1. The average Bonchev–Trinajstić information content (AvgIpc) is 2.81. The molecule has 6 heteroatoms. The largest absolute Gasteiger partial charge is 0.347 e. The lowest BCUT2D eigenvalue weighted by Gasteiger charge is -2.03. The molecule has 0 unspecified atom stereocenters. The molecule has 0 aliphatic rings. The van der Waals surface area contributed by atoms with Crippen LogP contribution < -0.4 is 5.32 Å². The molecule has 1 aromatic heterocycles. The minimum absolute atomic E-state index is 0.123. The quantitative estimate of drug-likeness (QED) is 0.551. The van der Waals surface area contributed by atoms with Crippen LogP contribution >= 0.6 is 0 Å². The lowest BCUT2D eigenvalue weighted by Crippen LogP contribution is -2.21. The second-order valence-corrected chi connectivity index (χ2v) is 4.43. The highest BCUT2D eigenvalue weighted by Crippen LogP contribution is 1.95. The first-order valence-electron chi connectivity index (χ1n) is 6.21. The van der Waals surface area contributed by atoms with Crippen LogP contribution in [0.2, 0.25) is 0 Å². The van der Waals surface area contributed by atoms with Gasteiger partial charge < -0.3 is 10.2 Å². The zero-order valence-electron chi connectivity index (χ0n) is 11.5. The number of aromatic nitrogens is 3. The molecule has 0 radical (unpaired) electrons. The Hall–Kier alpha value is -1.95. The molecule has 0 saturated heterocycles. The molecule has 19 heavy (non-hydrogen) atoms. The number of hydrogen-bond donors (Lipinski definition) is 1. The second-order valence-electron chi connectivity index (χ2n) is 4.43. The van der Waals surface area contributed by atoms with Gasteiger partial charge in [0.2, 0.25) is 5.91 Å². The lowest BCUT2D eigenvalue weighted by atomic mass is 10.4. The van der Waals surface area contributed by atoms with E-state index in [1.54, 1.807) is 4.68 Å². The Labute approximate surface area is 113 Å². The van der Waals surface area contributed by atoms with Crippen LogP contribution in [0.15, 0.2) is 31.0 Å². The lowest BCUT2D eigenvalue weighted by molar-refractivity contribution is -0.116. The minimum Gasteiger partial charge on any atom is -0.347 e. The summed E-state index contributed by atoms with van der Waals surface area (Å²) in [5.74, 6) is -0.123. The highest BCUT2D eigenvalue weighted by atomic mass is 16.1.